The maximum atomic E-state index is 14.6. The Balaban J connectivity index is 1.49. The van der Waals surface area contributed by atoms with Gasteiger partial charge in [0.2, 0.25) is 11.8 Å². The molecule has 0 aliphatic carbocycles. The number of carbonyl (C=O) groups excluding carboxylic acids is 4. The number of alkyl halides is 2. The molecule has 166 valence electrons. The van der Waals surface area contributed by atoms with Crippen molar-refractivity contribution in [2.45, 2.75) is 37.8 Å². The minimum atomic E-state index is -3.96. The highest BCUT2D eigenvalue weighted by Crippen LogP contribution is 2.30. The maximum absolute atomic E-state index is 14.6. The molecule has 0 saturated carbocycles. The highest BCUT2D eigenvalue weighted by molar-refractivity contribution is 6.30. The Morgan fingerprint density at radius 2 is 1.97 bits per heavy atom. The summed E-state index contributed by atoms with van der Waals surface area (Å²) in [4.78, 5) is 50.2. The Morgan fingerprint density at radius 3 is 2.69 bits per heavy atom. The van der Waals surface area contributed by atoms with E-state index in [0.717, 1.165) is 17.0 Å². The van der Waals surface area contributed by atoms with Crippen LogP contribution in [0.4, 0.5) is 8.78 Å². The molecule has 0 aromatic heterocycles. The molecular weight excluding hydrogens is 444 g/mol. The van der Waals surface area contributed by atoms with E-state index < -0.39 is 60.5 Å². The van der Waals surface area contributed by atoms with E-state index in [4.69, 9.17) is 15.8 Å². The van der Waals surface area contributed by atoms with Gasteiger partial charge in [-0.2, -0.15) is 8.78 Å². The Morgan fingerprint density at radius 1 is 1.25 bits per heavy atom. The zero-order chi connectivity index (χ0) is 25.7. The Kier molecular flexibility index (Phi) is 4.74. The van der Waals surface area contributed by atoms with Crippen LogP contribution in [0.15, 0.2) is 42.5 Å². The second kappa shape index (κ2) is 8.31. The van der Waals surface area contributed by atoms with Gasteiger partial charge in [0.05, 0.1) is 0 Å². The van der Waals surface area contributed by atoms with E-state index in [1.807, 2.05) is 5.32 Å². The molecule has 2 aromatic rings. The summed E-state index contributed by atoms with van der Waals surface area (Å²) in [6, 6.07) is 7.47. The number of hydrogen-bond donors (Lipinski definition) is 2. The van der Waals surface area contributed by atoms with Crippen LogP contribution in [0.1, 0.15) is 42.6 Å². The fourth-order valence-electron chi connectivity index (χ4n) is 3.56. The van der Waals surface area contributed by atoms with Crippen molar-refractivity contribution in [2.75, 3.05) is 0 Å². The lowest BCUT2D eigenvalue weighted by Gasteiger charge is -2.29. The minimum absolute atomic E-state index is 0.0861. The molecule has 32 heavy (non-hydrogen) atoms. The van der Waals surface area contributed by atoms with Crippen molar-refractivity contribution < 1.29 is 32.1 Å². The molecule has 1 unspecified atom stereocenters. The number of halogens is 3. The average Bonchev–Trinajstić information content (AvgIpc) is 3.11. The Labute approximate surface area is 191 Å². The van der Waals surface area contributed by atoms with Crippen LogP contribution < -0.4 is 10.6 Å². The summed E-state index contributed by atoms with van der Waals surface area (Å²) in [5.41, 5.74) is 0.326. The molecule has 2 N–H and O–H groups in total. The quantitative estimate of drug-likeness (QED) is 0.665. The lowest BCUT2D eigenvalue weighted by Crippen LogP contribution is -2.52. The molecule has 10 heteroatoms. The van der Waals surface area contributed by atoms with E-state index in [-0.39, 0.29) is 22.4 Å². The molecule has 1 saturated heterocycles. The van der Waals surface area contributed by atoms with Crippen molar-refractivity contribution in [3.8, 4) is 0 Å². The Hall–Kier alpha value is -3.33. The van der Waals surface area contributed by atoms with Gasteiger partial charge >= 0.3 is 5.92 Å². The van der Waals surface area contributed by atoms with Gasteiger partial charge < -0.3 is 10.2 Å². The molecule has 7 nitrogen and oxygen atoms in total. The summed E-state index contributed by atoms with van der Waals surface area (Å²) in [5.74, 6) is -8.12. The maximum Gasteiger partial charge on any atom is 0.349 e. The van der Waals surface area contributed by atoms with Crippen molar-refractivity contribution >= 4 is 35.2 Å². The lowest BCUT2D eigenvalue weighted by atomic mass is 10.0. The van der Waals surface area contributed by atoms with Crippen molar-refractivity contribution in [2.24, 2.45) is 0 Å². The van der Waals surface area contributed by atoms with E-state index in [1.165, 1.54) is 30.3 Å². The van der Waals surface area contributed by atoms with Crippen LogP contribution in [0.3, 0.4) is 0 Å². The molecule has 1 fully saturated rings. The number of carbonyl (C=O) groups is 4. The molecule has 4 amide bonds. The molecule has 2 heterocycles. The molecule has 2 aromatic carbocycles. The summed E-state index contributed by atoms with van der Waals surface area (Å²) < 4.78 is 52.6. The molecule has 1 atom stereocenters. The lowest BCUT2D eigenvalue weighted by molar-refractivity contribution is -0.147. The molecule has 0 radical (unpaired) electrons. The summed E-state index contributed by atoms with van der Waals surface area (Å²) >= 11 is 5.70. The van der Waals surface area contributed by atoms with Crippen LogP contribution in [0.5, 0.6) is 0 Å². The van der Waals surface area contributed by atoms with E-state index in [1.54, 1.807) is 0 Å². The third kappa shape index (κ3) is 4.08. The molecule has 0 bridgehead atoms. The van der Waals surface area contributed by atoms with Crippen molar-refractivity contribution in [1.82, 2.24) is 15.5 Å². The van der Waals surface area contributed by atoms with Crippen molar-refractivity contribution in [3.63, 3.8) is 0 Å². The molecule has 4 rings (SSSR count). The predicted molar refractivity (Wildman–Crippen MR) is 110 cm³/mol. The van der Waals surface area contributed by atoms with Crippen LogP contribution in [0.25, 0.3) is 0 Å². The van der Waals surface area contributed by atoms with E-state index >= 15 is 0 Å². The first kappa shape index (κ1) is 18.3. The highest BCUT2D eigenvalue weighted by atomic mass is 35.5. The normalized spacial score (nSPS) is 21.3. The number of benzene rings is 2. The van der Waals surface area contributed by atoms with Crippen LogP contribution in [0.2, 0.25) is 6.43 Å². The van der Waals surface area contributed by atoms with Gasteiger partial charge in [0.1, 0.15) is 6.04 Å². The van der Waals surface area contributed by atoms with Gasteiger partial charge in [-0.3, -0.25) is 24.5 Å². The zero-order valence-corrected chi connectivity index (χ0v) is 17.2. The third-order valence-electron chi connectivity index (χ3n) is 5.25. The van der Waals surface area contributed by atoms with Gasteiger partial charge in [0.15, 0.2) is 1.41 Å². The van der Waals surface area contributed by atoms with Gasteiger partial charge in [-0.1, -0.05) is 35.9 Å². The standard InChI is InChI=1S/C22H18ClF2N3O4/c23-15-4-2-14(3-5-15)22(24,25)21(32)26-10-12-1-6-16-13(9-12)11-28(20(16)31)17-7-8-18(29)27-19(17)30/h1-6,9,17H,7-8,10-11H2,(H,26,32)(H,27,29,30)/i8D2/hD. The smallest absolute Gasteiger partial charge is 0.346 e. The second-order valence-corrected chi connectivity index (χ2v) is 7.78. The van der Waals surface area contributed by atoms with Crippen LogP contribution in [-0.4, -0.2) is 34.6 Å². The minimum Gasteiger partial charge on any atom is -0.346 e. The first-order valence-electron chi connectivity index (χ1n) is 11.0. The number of nitrogens with one attached hydrogen (secondary N) is 2. The highest BCUT2D eigenvalue weighted by Gasteiger charge is 2.41. The van der Waals surface area contributed by atoms with Gasteiger partial charge in [-0.25, -0.2) is 0 Å². The summed E-state index contributed by atoms with van der Waals surface area (Å²) in [6.07, 6.45) is -2.83. The number of amides is 4. The third-order valence-corrected chi connectivity index (χ3v) is 5.51. The topological polar surface area (TPSA) is 95.6 Å². The first-order valence-corrected chi connectivity index (χ1v) is 9.92. The van der Waals surface area contributed by atoms with Crippen molar-refractivity contribution in [1.29, 1.82) is 0 Å². The largest absolute Gasteiger partial charge is 0.349 e. The number of nitrogens with zero attached hydrogens (tertiary/aromatic N) is 1. The second-order valence-electron chi connectivity index (χ2n) is 7.34. The van der Waals surface area contributed by atoms with Crippen LogP contribution in [0, 0.1) is 0 Å². The van der Waals surface area contributed by atoms with Crippen molar-refractivity contribution in [3.05, 3.63) is 69.7 Å². The fraction of sp³-hybridized carbons (Fsp3) is 0.273. The average molecular weight is 465 g/mol. The van der Waals surface area contributed by atoms with Gasteiger partial charge in [-0.15, -0.1) is 0 Å². The van der Waals surface area contributed by atoms with Crippen LogP contribution in [-0.2, 0) is 33.4 Å². The van der Waals surface area contributed by atoms with Gasteiger partial charge in [0, 0.05) is 38.4 Å². The predicted octanol–water partition coefficient (Wildman–Crippen LogP) is 2.51. The zero-order valence-electron chi connectivity index (χ0n) is 19.4. The van der Waals surface area contributed by atoms with Crippen LogP contribution >= 0.6 is 11.6 Å². The number of hydrogen-bond acceptors (Lipinski definition) is 4. The number of piperidine rings is 1. The molecule has 2 aliphatic rings. The van der Waals surface area contributed by atoms with Gasteiger partial charge in [-0.05, 0) is 35.7 Å². The monoisotopic (exact) mass is 464 g/mol. The molecule has 2 aliphatic heterocycles. The number of imide groups is 1. The molecule has 0 spiro atoms. The Bertz CT molecular complexity index is 1240. The summed E-state index contributed by atoms with van der Waals surface area (Å²) in [6.45, 7) is -0.582. The SMILES string of the molecule is [2H]N(Cc1ccc2c(c1)CN(C1CC([2H])([2H])C(=O)NC1=O)C2=O)C(=O)C(F)(F)c1ccc(Cl)cc1. The molecular formula is C22H18ClF2N3O4. The fourth-order valence-corrected chi connectivity index (χ4v) is 3.69. The van der Waals surface area contributed by atoms with Gasteiger partial charge in [0.25, 0.3) is 11.8 Å². The first-order chi connectivity index (χ1) is 16.3. The van der Waals surface area contributed by atoms with E-state index in [9.17, 15) is 28.0 Å². The number of rotatable bonds is 5. The van der Waals surface area contributed by atoms with E-state index in [0.29, 0.717) is 11.1 Å². The summed E-state index contributed by atoms with van der Waals surface area (Å²) in [7, 11) is 0. The number of fused-ring (bicyclic) bond motifs is 1. The van der Waals surface area contributed by atoms with E-state index in [2.05, 4.69) is 0 Å². The summed E-state index contributed by atoms with van der Waals surface area (Å²) in [5, 5.41) is 2.27.